The van der Waals surface area contributed by atoms with Crippen molar-refractivity contribution in [2.75, 3.05) is 33.2 Å². The van der Waals surface area contributed by atoms with E-state index in [9.17, 15) is 4.39 Å². The quantitative estimate of drug-likeness (QED) is 0.882. The maximum Gasteiger partial charge on any atom is 0.123 e. The van der Waals surface area contributed by atoms with Gasteiger partial charge in [0, 0.05) is 26.2 Å². The summed E-state index contributed by atoms with van der Waals surface area (Å²) in [6.07, 6.45) is 1.19. The van der Waals surface area contributed by atoms with E-state index in [0.29, 0.717) is 6.54 Å². The first-order chi connectivity index (χ1) is 8.69. The summed E-state index contributed by atoms with van der Waals surface area (Å²) in [5.74, 6) is -0.199. The summed E-state index contributed by atoms with van der Waals surface area (Å²) < 4.78 is 13.2. The molecule has 1 aliphatic rings. The molecule has 0 atom stereocenters. The molecular weight excluding hydrogens is 229 g/mol. The van der Waals surface area contributed by atoms with Crippen LogP contribution in [-0.4, -0.2) is 43.0 Å². The minimum atomic E-state index is -0.199. The zero-order chi connectivity index (χ0) is 13.0. The lowest BCUT2D eigenvalue weighted by molar-refractivity contribution is 0.268. The Kier molecular flexibility index (Phi) is 4.69. The van der Waals surface area contributed by atoms with Crippen LogP contribution in [-0.2, 0) is 13.1 Å². The Hall–Kier alpha value is -0.970. The summed E-state index contributed by atoms with van der Waals surface area (Å²) in [6, 6.07) is 4.95. The van der Waals surface area contributed by atoms with Gasteiger partial charge in [-0.15, -0.1) is 0 Å². The smallest absolute Gasteiger partial charge is 0.123 e. The van der Waals surface area contributed by atoms with Crippen molar-refractivity contribution in [3.8, 4) is 0 Å². The van der Waals surface area contributed by atoms with Gasteiger partial charge in [0.05, 0.1) is 0 Å². The average Bonchev–Trinajstić information content (AvgIpc) is 2.56. The molecule has 1 saturated heterocycles. The molecule has 0 bridgehead atoms. The molecule has 0 aromatic heterocycles. The third-order valence-corrected chi connectivity index (χ3v) is 3.59. The molecule has 0 amide bonds. The van der Waals surface area contributed by atoms with Crippen LogP contribution in [0.5, 0.6) is 0 Å². The lowest BCUT2D eigenvalue weighted by Gasteiger charge is -2.21. The van der Waals surface area contributed by atoms with E-state index in [1.165, 1.54) is 12.5 Å². The van der Waals surface area contributed by atoms with E-state index in [-0.39, 0.29) is 5.82 Å². The van der Waals surface area contributed by atoms with Crippen LogP contribution >= 0.6 is 0 Å². The number of hydrogen-bond donors (Lipinski definition) is 1. The number of nitrogens with two attached hydrogens (primary N) is 1. The number of likely N-dealkylation sites (N-methyl/N-ethyl adjacent to an activating group) is 1. The fourth-order valence-corrected chi connectivity index (χ4v) is 2.44. The van der Waals surface area contributed by atoms with Crippen molar-refractivity contribution in [1.82, 2.24) is 9.80 Å². The summed E-state index contributed by atoms with van der Waals surface area (Å²) in [7, 11) is 2.16. The second-order valence-electron chi connectivity index (χ2n) is 5.05. The Morgan fingerprint density at radius 2 is 2.00 bits per heavy atom. The van der Waals surface area contributed by atoms with E-state index < -0.39 is 0 Å². The second-order valence-corrected chi connectivity index (χ2v) is 5.05. The van der Waals surface area contributed by atoms with E-state index in [1.807, 2.05) is 6.07 Å². The molecule has 2 rings (SSSR count). The lowest BCUT2D eigenvalue weighted by atomic mass is 10.1. The molecule has 1 fully saturated rings. The Labute approximate surface area is 108 Å². The minimum absolute atomic E-state index is 0.199. The molecule has 0 unspecified atom stereocenters. The van der Waals surface area contributed by atoms with Crippen LogP contribution in [0.4, 0.5) is 4.39 Å². The van der Waals surface area contributed by atoms with Gasteiger partial charge in [-0.2, -0.15) is 0 Å². The molecular formula is C14H22FN3. The van der Waals surface area contributed by atoms with Gasteiger partial charge in [0.15, 0.2) is 0 Å². The highest BCUT2D eigenvalue weighted by atomic mass is 19.1. The molecule has 0 spiro atoms. The number of rotatable bonds is 3. The molecule has 18 heavy (non-hydrogen) atoms. The van der Waals surface area contributed by atoms with Crippen LogP contribution in [0.2, 0.25) is 0 Å². The number of nitrogens with zero attached hydrogens (tertiary/aromatic N) is 2. The third kappa shape index (κ3) is 3.51. The van der Waals surface area contributed by atoms with Gasteiger partial charge in [-0.05, 0) is 49.8 Å². The Morgan fingerprint density at radius 3 is 2.78 bits per heavy atom. The molecule has 1 aromatic rings. The zero-order valence-corrected chi connectivity index (χ0v) is 11.0. The molecule has 2 N–H and O–H groups in total. The van der Waals surface area contributed by atoms with Gasteiger partial charge in [-0.25, -0.2) is 4.39 Å². The number of hydrogen-bond acceptors (Lipinski definition) is 3. The van der Waals surface area contributed by atoms with Crippen molar-refractivity contribution >= 4 is 0 Å². The van der Waals surface area contributed by atoms with Crippen molar-refractivity contribution in [1.29, 1.82) is 0 Å². The highest BCUT2D eigenvalue weighted by molar-refractivity contribution is 5.27. The topological polar surface area (TPSA) is 32.5 Å². The first kappa shape index (κ1) is 13.5. The van der Waals surface area contributed by atoms with Crippen LogP contribution in [0.25, 0.3) is 0 Å². The Morgan fingerprint density at radius 1 is 1.17 bits per heavy atom. The highest BCUT2D eigenvalue weighted by Crippen LogP contribution is 2.14. The van der Waals surface area contributed by atoms with E-state index in [1.54, 1.807) is 6.07 Å². The van der Waals surface area contributed by atoms with Crippen molar-refractivity contribution in [2.24, 2.45) is 5.73 Å². The summed E-state index contributed by atoms with van der Waals surface area (Å²) >= 11 is 0. The molecule has 0 aliphatic carbocycles. The average molecular weight is 251 g/mol. The van der Waals surface area contributed by atoms with Gasteiger partial charge < -0.3 is 10.6 Å². The highest BCUT2D eigenvalue weighted by Gasteiger charge is 2.13. The second kappa shape index (κ2) is 6.27. The SMILES string of the molecule is CN1CCCN(Cc2ccc(F)cc2CN)CC1. The minimum Gasteiger partial charge on any atom is -0.326 e. The lowest BCUT2D eigenvalue weighted by Crippen LogP contribution is -2.29. The Balaban J connectivity index is 2.04. The van der Waals surface area contributed by atoms with Gasteiger partial charge in [0.1, 0.15) is 5.82 Å². The van der Waals surface area contributed by atoms with Crippen molar-refractivity contribution in [3.05, 3.63) is 35.1 Å². The molecule has 1 aromatic carbocycles. The van der Waals surface area contributed by atoms with Gasteiger partial charge in [0.2, 0.25) is 0 Å². The molecule has 4 heteroatoms. The van der Waals surface area contributed by atoms with Crippen LogP contribution in [0, 0.1) is 5.82 Å². The first-order valence-corrected chi connectivity index (χ1v) is 6.57. The maximum atomic E-state index is 13.2. The van der Waals surface area contributed by atoms with Gasteiger partial charge in [0.25, 0.3) is 0 Å². The predicted molar refractivity (Wildman–Crippen MR) is 71.7 cm³/mol. The molecule has 3 nitrogen and oxygen atoms in total. The molecule has 1 heterocycles. The van der Waals surface area contributed by atoms with E-state index in [0.717, 1.165) is 43.9 Å². The van der Waals surface area contributed by atoms with Crippen LogP contribution < -0.4 is 5.73 Å². The predicted octanol–water partition coefficient (Wildman–Crippen LogP) is 1.42. The van der Waals surface area contributed by atoms with Crippen LogP contribution in [0.1, 0.15) is 17.5 Å². The normalized spacial score (nSPS) is 18.8. The van der Waals surface area contributed by atoms with Crippen molar-refractivity contribution in [2.45, 2.75) is 19.5 Å². The summed E-state index contributed by atoms with van der Waals surface area (Å²) in [4.78, 5) is 4.78. The molecule has 100 valence electrons. The summed E-state index contributed by atoms with van der Waals surface area (Å²) in [6.45, 7) is 5.70. The number of benzene rings is 1. The third-order valence-electron chi connectivity index (χ3n) is 3.59. The number of halogens is 1. The Bertz CT molecular complexity index is 395. The van der Waals surface area contributed by atoms with Gasteiger partial charge in [-0.1, -0.05) is 6.07 Å². The maximum absolute atomic E-state index is 13.2. The van der Waals surface area contributed by atoms with E-state index in [2.05, 4.69) is 16.8 Å². The van der Waals surface area contributed by atoms with Crippen molar-refractivity contribution in [3.63, 3.8) is 0 Å². The van der Waals surface area contributed by atoms with Crippen LogP contribution in [0.15, 0.2) is 18.2 Å². The van der Waals surface area contributed by atoms with E-state index >= 15 is 0 Å². The van der Waals surface area contributed by atoms with E-state index in [4.69, 9.17) is 5.73 Å². The molecule has 0 saturated carbocycles. The summed E-state index contributed by atoms with van der Waals surface area (Å²) in [5.41, 5.74) is 7.76. The fourth-order valence-electron chi connectivity index (χ4n) is 2.44. The largest absolute Gasteiger partial charge is 0.326 e. The first-order valence-electron chi connectivity index (χ1n) is 6.57. The zero-order valence-electron chi connectivity index (χ0n) is 11.0. The van der Waals surface area contributed by atoms with Gasteiger partial charge in [-0.3, -0.25) is 4.90 Å². The molecule has 1 aliphatic heterocycles. The van der Waals surface area contributed by atoms with Crippen molar-refractivity contribution < 1.29 is 4.39 Å². The molecule has 0 radical (unpaired) electrons. The van der Waals surface area contributed by atoms with Crippen LogP contribution in [0.3, 0.4) is 0 Å². The monoisotopic (exact) mass is 251 g/mol. The fraction of sp³-hybridized carbons (Fsp3) is 0.571. The van der Waals surface area contributed by atoms with Gasteiger partial charge >= 0.3 is 0 Å². The summed E-state index contributed by atoms with van der Waals surface area (Å²) in [5, 5.41) is 0. The standard InChI is InChI=1S/C14H22FN3/c1-17-5-2-6-18(8-7-17)11-12-3-4-14(15)9-13(12)10-16/h3-4,9H,2,5-8,10-11,16H2,1H3.